The molecule has 0 aromatic heterocycles. The van der Waals surface area contributed by atoms with Gasteiger partial charge in [-0.3, -0.25) is 0 Å². The van der Waals surface area contributed by atoms with Crippen molar-refractivity contribution < 1.29 is 17.9 Å². The lowest BCUT2D eigenvalue weighted by Gasteiger charge is -2.31. The van der Waals surface area contributed by atoms with Crippen LogP contribution in [0.4, 0.5) is 30.2 Å². The zero-order chi connectivity index (χ0) is 21.0. The summed E-state index contributed by atoms with van der Waals surface area (Å²) in [5.74, 6) is 0.412. The van der Waals surface area contributed by atoms with Crippen LogP contribution in [-0.2, 0) is 10.9 Å². The minimum Gasteiger partial charge on any atom is -0.378 e. The van der Waals surface area contributed by atoms with Gasteiger partial charge in [0, 0.05) is 18.8 Å². The van der Waals surface area contributed by atoms with Crippen LogP contribution in [0.2, 0.25) is 0 Å². The summed E-state index contributed by atoms with van der Waals surface area (Å²) in [6.45, 7) is 6.50. The van der Waals surface area contributed by atoms with Crippen LogP contribution in [-0.4, -0.2) is 31.4 Å². The molecule has 0 amide bonds. The van der Waals surface area contributed by atoms with Gasteiger partial charge in [0.2, 0.25) is 0 Å². The van der Waals surface area contributed by atoms with Crippen LogP contribution in [0.15, 0.2) is 42.5 Å². The molecule has 2 N–H and O–H groups in total. The minimum atomic E-state index is -4.43. The van der Waals surface area contributed by atoms with Gasteiger partial charge in [-0.15, -0.1) is 0 Å². The van der Waals surface area contributed by atoms with E-state index in [4.69, 9.17) is 17.0 Å². The van der Waals surface area contributed by atoms with E-state index in [1.54, 1.807) is 0 Å². The van der Waals surface area contributed by atoms with Gasteiger partial charge < -0.3 is 20.3 Å². The van der Waals surface area contributed by atoms with E-state index < -0.39 is 11.7 Å². The molecule has 1 aliphatic rings. The van der Waals surface area contributed by atoms with Crippen molar-refractivity contribution in [2.45, 2.75) is 25.9 Å². The van der Waals surface area contributed by atoms with Crippen molar-refractivity contribution >= 4 is 34.4 Å². The number of benzene rings is 2. The highest BCUT2D eigenvalue weighted by Gasteiger charge is 2.31. The Kier molecular flexibility index (Phi) is 6.64. The first kappa shape index (κ1) is 21.4. The van der Waals surface area contributed by atoms with Gasteiger partial charge in [-0.05, 0) is 54.0 Å². The predicted molar refractivity (Wildman–Crippen MR) is 115 cm³/mol. The molecule has 0 aliphatic carbocycles. The zero-order valence-corrected chi connectivity index (χ0v) is 17.2. The van der Waals surface area contributed by atoms with E-state index in [1.165, 1.54) is 11.6 Å². The first-order chi connectivity index (χ1) is 13.7. The highest BCUT2D eigenvalue weighted by atomic mass is 32.1. The zero-order valence-electron chi connectivity index (χ0n) is 16.3. The quantitative estimate of drug-likeness (QED) is 0.638. The molecule has 4 nitrogen and oxygen atoms in total. The molecule has 1 saturated heterocycles. The second-order valence-corrected chi connectivity index (χ2v) is 7.59. The lowest BCUT2D eigenvalue weighted by atomic mass is 10.0. The molecule has 0 saturated carbocycles. The summed E-state index contributed by atoms with van der Waals surface area (Å²) < 4.78 is 45.0. The largest absolute Gasteiger partial charge is 0.416 e. The second kappa shape index (κ2) is 9.00. The van der Waals surface area contributed by atoms with Crippen LogP contribution in [0.5, 0.6) is 0 Å². The Hall–Kier alpha value is -2.32. The Morgan fingerprint density at radius 3 is 2.28 bits per heavy atom. The Labute approximate surface area is 174 Å². The van der Waals surface area contributed by atoms with Crippen molar-refractivity contribution in [3.63, 3.8) is 0 Å². The predicted octanol–water partition coefficient (Wildman–Crippen LogP) is 5.47. The van der Waals surface area contributed by atoms with Gasteiger partial charge in [0.15, 0.2) is 5.11 Å². The van der Waals surface area contributed by atoms with E-state index in [0.717, 1.165) is 17.8 Å². The Balaban J connectivity index is 1.80. The molecular weight excluding hydrogens is 399 g/mol. The summed E-state index contributed by atoms with van der Waals surface area (Å²) in [4.78, 5) is 1.99. The minimum absolute atomic E-state index is 0.233. The number of halogens is 3. The van der Waals surface area contributed by atoms with E-state index in [-0.39, 0.29) is 5.11 Å². The number of alkyl halides is 3. The van der Waals surface area contributed by atoms with Gasteiger partial charge in [-0.2, -0.15) is 13.2 Å². The molecule has 8 heteroatoms. The highest BCUT2D eigenvalue weighted by molar-refractivity contribution is 7.80. The molecule has 3 rings (SSSR count). The first-order valence-corrected chi connectivity index (χ1v) is 9.87. The molecule has 2 aromatic carbocycles. The third-order valence-corrected chi connectivity index (χ3v) is 4.96. The third-order valence-electron chi connectivity index (χ3n) is 4.76. The number of hydrogen-bond donors (Lipinski definition) is 2. The van der Waals surface area contributed by atoms with Gasteiger partial charge in [0.05, 0.1) is 30.2 Å². The Bertz CT molecular complexity index is 847. The summed E-state index contributed by atoms with van der Waals surface area (Å²) in [6, 6.07) is 11.5. The summed E-state index contributed by atoms with van der Waals surface area (Å²) in [5, 5.41) is 6.22. The maximum Gasteiger partial charge on any atom is 0.416 e. The fourth-order valence-electron chi connectivity index (χ4n) is 3.13. The van der Waals surface area contributed by atoms with Crippen LogP contribution in [0.3, 0.4) is 0 Å². The number of rotatable bonds is 4. The van der Waals surface area contributed by atoms with Crippen molar-refractivity contribution in [2.24, 2.45) is 0 Å². The molecule has 0 atom stereocenters. The molecule has 156 valence electrons. The molecule has 0 radical (unpaired) electrons. The number of nitrogens with one attached hydrogen (secondary N) is 2. The van der Waals surface area contributed by atoms with Crippen molar-refractivity contribution in [3.05, 3.63) is 53.6 Å². The van der Waals surface area contributed by atoms with Gasteiger partial charge in [-0.25, -0.2) is 0 Å². The normalized spacial score (nSPS) is 14.8. The third kappa shape index (κ3) is 5.61. The number of nitrogens with zero attached hydrogens (tertiary/aromatic N) is 1. The van der Waals surface area contributed by atoms with Gasteiger partial charge in [0.25, 0.3) is 0 Å². The van der Waals surface area contributed by atoms with Crippen molar-refractivity contribution in [1.29, 1.82) is 0 Å². The maximum absolute atomic E-state index is 13.2. The lowest BCUT2D eigenvalue weighted by Crippen LogP contribution is -2.37. The van der Waals surface area contributed by atoms with Crippen molar-refractivity contribution in [2.75, 3.05) is 41.8 Å². The number of thiocarbonyl (C=S) groups is 1. The topological polar surface area (TPSA) is 36.5 Å². The Morgan fingerprint density at radius 1 is 1.03 bits per heavy atom. The molecule has 0 bridgehead atoms. The van der Waals surface area contributed by atoms with Gasteiger partial charge in [-0.1, -0.05) is 26.0 Å². The van der Waals surface area contributed by atoms with E-state index in [2.05, 4.69) is 24.5 Å². The van der Waals surface area contributed by atoms with Crippen molar-refractivity contribution in [1.82, 2.24) is 0 Å². The van der Waals surface area contributed by atoms with Crippen LogP contribution >= 0.6 is 12.2 Å². The first-order valence-electron chi connectivity index (χ1n) is 9.46. The Morgan fingerprint density at radius 2 is 1.69 bits per heavy atom. The fourth-order valence-corrected chi connectivity index (χ4v) is 3.36. The average Bonchev–Trinajstić information content (AvgIpc) is 2.68. The highest BCUT2D eigenvalue weighted by Crippen LogP contribution is 2.36. The van der Waals surface area contributed by atoms with E-state index in [1.807, 2.05) is 29.2 Å². The number of anilines is 3. The van der Waals surface area contributed by atoms with Crippen LogP contribution in [0.25, 0.3) is 0 Å². The van der Waals surface area contributed by atoms with Crippen LogP contribution in [0, 0.1) is 0 Å². The standard InChI is InChI=1S/C21H24F3N3OS/c1-14(2)15-3-6-17(7-4-15)25-20(29)26-18-13-16(21(22,23)24)5-8-19(18)27-9-11-28-12-10-27/h3-8,13-14H,9-12H2,1-2H3,(H2,25,26,29). The summed E-state index contributed by atoms with van der Waals surface area (Å²) >= 11 is 5.35. The number of morpholine rings is 1. The second-order valence-electron chi connectivity index (χ2n) is 7.18. The van der Waals surface area contributed by atoms with E-state index in [0.29, 0.717) is 43.6 Å². The van der Waals surface area contributed by atoms with E-state index in [9.17, 15) is 13.2 Å². The molecule has 29 heavy (non-hydrogen) atoms. The van der Waals surface area contributed by atoms with Crippen molar-refractivity contribution in [3.8, 4) is 0 Å². The average molecular weight is 424 g/mol. The summed E-state index contributed by atoms with van der Waals surface area (Å²) in [6.07, 6.45) is -4.43. The van der Waals surface area contributed by atoms with E-state index >= 15 is 0 Å². The smallest absolute Gasteiger partial charge is 0.378 e. The molecule has 1 aliphatic heterocycles. The molecule has 1 heterocycles. The molecular formula is C21H24F3N3OS. The van der Waals surface area contributed by atoms with Crippen LogP contribution < -0.4 is 15.5 Å². The summed E-state index contributed by atoms with van der Waals surface area (Å²) in [7, 11) is 0. The number of ether oxygens (including phenoxy) is 1. The summed E-state index contributed by atoms with van der Waals surface area (Å²) in [5.41, 5.74) is 2.23. The lowest BCUT2D eigenvalue weighted by molar-refractivity contribution is -0.137. The molecule has 0 spiro atoms. The monoisotopic (exact) mass is 423 g/mol. The molecule has 0 unspecified atom stereocenters. The number of hydrogen-bond acceptors (Lipinski definition) is 3. The molecule has 2 aromatic rings. The molecule has 1 fully saturated rings. The fraction of sp³-hybridized carbons (Fsp3) is 0.381. The maximum atomic E-state index is 13.2. The van der Waals surface area contributed by atoms with Crippen LogP contribution in [0.1, 0.15) is 30.9 Å². The SMILES string of the molecule is CC(C)c1ccc(NC(=S)Nc2cc(C(F)(F)F)ccc2N2CCOCC2)cc1. The van der Waals surface area contributed by atoms with Gasteiger partial charge in [0.1, 0.15) is 0 Å². The van der Waals surface area contributed by atoms with Gasteiger partial charge >= 0.3 is 6.18 Å².